The zero-order chi connectivity index (χ0) is 19.6. The van der Waals surface area contributed by atoms with Crippen LogP contribution in [-0.4, -0.2) is 28.3 Å². The summed E-state index contributed by atoms with van der Waals surface area (Å²) < 4.78 is 1.60. The van der Waals surface area contributed by atoms with Gasteiger partial charge in [-0.3, -0.25) is 14.2 Å². The molecule has 1 heterocycles. The number of nitrogens with zero attached hydrogens (tertiary/aromatic N) is 2. The van der Waals surface area contributed by atoms with Crippen LogP contribution in [0.1, 0.15) is 25.3 Å². The largest absolute Gasteiger partial charge is 0.358 e. The smallest absolute Gasteiger partial charge is 0.266 e. The first-order valence-electron chi connectivity index (χ1n) is 8.57. The van der Waals surface area contributed by atoms with E-state index in [1.54, 1.807) is 29.8 Å². The molecule has 0 spiro atoms. The van der Waals surface area contributed by atoms with Crippen molar-refractivity contribution < 1.29 is 4.79 Å². The SMILES string of the molecule is CNC(=O)CSc1nc2cc(Cl)ccc2c(=O)n1-c1ccccc1C(C)C. The quantitative estimate of drug-likeness (QED) is 0.518. The van der Waals surface area contributed by atoms with Gasteiger partial charge in [0.15, 0.2) is 5.16 Å². The van der Waals surface area contributed by atoms with Gasteiger partial charge < -0.3 is 5.32 Å². The lowest BCUT2D eigenvalue weighted by atomic mass is 10.0. The van der Waals surface area contributed by atoms with E-state index in [2.05, 4.69) is 24.1 Å². The molecule has 0 unspecified atom stereocenters. The Morgan fingerprint density at radius 3 is 2.70 bits per heavy atom. The predicted octanol–water partition coefficient (Wildman–Crippen LogP) is 4.00. The minimum atomic E-state index is -0.177. The van der Waals surface area contributed by atoms with E-state index in [9.17, 15) is 9.59 Å². The van der Waals surface area contributed by atoms with Gasteiger partial charge in [-0.2, -0.15) is 0 Å². The van der Waals surface area contributed by atoms with Crippen molar-refractivity contribution in [3.63, 3.8) is 0 Å². The summed E-state index contributed by atoms with van der Waals surface area (Å²) in [5, 5.41) is 4.05. The lowest BCUT2D eigenvalue weighted by Gasteiger charge is -2.18. The van der Waals surface area contributed by atoms with Gasteiger partial charge in [0.2, 0.25) is 5.91 Å². The van der Waals surface area contributed by atoms with Crippen LogP contribution in [0.15, 0.2) is 52.4 Å². The van der Waals surface area contributed by atoms with Crippen molar-refractivity contribution in [1.29, 1.82) is 0 Å². The van der Waals surface area contributed by atoms with Gasteiger partial charge in [-0.1, -0.05) is 55.4 Å². The standard InChI is InChI=1S/C20H20ClN3O2S/c1-12(2)14-6-4-5-7-17(14)24-19(26)15-9-8-13(21)10-16(15)23-20(24)27-11-18(25)22-3/h4-10,12H,11H2,1-3H3,(H,22,25). The molecular weight excluding hydrogens is 382 g/mol. The number of carbonyl (C=O) groups is 1. The van der Waals surface area contributed by atoms with Gasteiger partial charge in [0.25, 0.3) is 5.56 Å². The Labute approximate surface area is 166 Å². The molecule has 3 aromatic rings. The third-order valence-corrected chi connectivity index (χ3v) is 5.39. The minimum absolute atomic E-state index is 0.135. The molecule has 3 rings (SSSR count). The first kappa shape index (κ1) is 19.5. The van der Waals surface area contributed by atoms with E-state index >= 15 is 0 Å². The van der Waals surface area contributed by atoms with Crippen molar-refractivity contribution in [3.8, 4) is 5.69 Å². The van der Waals surface area contributed by atoms with Gasteiger partial charge in [-0.25, -0.2) is 4.98 Å². The Bertz CT molecular complexity index is 1060. The number of amides is 1. The third-order valence-electron chi connectivity index (χ3n) is 4.21. The molecule has 0 aliphatic rings. The number of nitrogens with one attached hydrogen (secondary N) is 1. The van der Waals surface area contributed by atoms with E-state index in [-0.39, 0.29) is 23.1 Å². The zero-order valence-corrected chi connectivity index (χ0v) is 16.9. The highest BCUT2D eigenvalue weighted by Crippen LogP contribution is 2.27. The van der Waals surface area contributed by atoms with Gasteiger partial charge in [0, 0.05) is 12.1 Å². The Kier molecular flexibility index (Phi) is 5.87. The van der Waals surface area contributed by atoms with Gasteiger partial charge in [-0.05, 0) is 35.7 Å². The number of hydrogen-bond donors (Lipinski definition) is 1. The molecule has 5 nitrogen and oxygen atoms in total. The highest BCUT2D eigenvalue weighted by Gasteiger charge is 2.18. The van der Waals surface area contributed by atoms with Gasteiger partial charge in [0.05, 0.1) is 22.3 Å². The topological polar surface area (TPSA) is 64.0 Å². The van der Waals surface area contributed by atoms with Crippen LogP contribution in [-0.2, 0) is 4.79 Å². The van der Waals surface area contributed by atoms with E-state index in [1.807, 2.05) is 24.3 Å². The highest BCUT2D eigenvalue weighted by atomic mass is 35.5. The second kappa shape index (κ2) is 8.15. The van der Waals surface area contributed by atoms with Crippen LogP contribution in [0.2, 0.25) is 5.02 Å². The molecule has 0 aliphatic carbocycles. The number of thioether (sulfide) groups is 1. The van der Waals surface area contributed by atoms with Gasteiger partial charge in [-0.15, -0.1) is 0 Å². The molecule has 2 aromatic carbocycles. The average molecular weight is 402 g/mol. The summed E-state index contributed by atoms with van der Waals surface area (Å²) in [6, 6.07) is 12.8. The number of aromatic nitrogens is 2. The summed E-state index contributed by atoms with van der Waals surface area (Å²) in [6.45, 7) is 4.16. The van der Waals surface area contributed by atoms with Crippen LogP contribution >= 0.6 is 23.4 Å². The summed E-state index contributed by atoms with van der Waals surface area (Å²) in [4.78, 5) is 29.7. The monoisotopic (exact) mass is 401 g/mol. The molecule has 0 atom stereocenters. The van der Waals surface area contributed by atoms with E-state index in [0.29, 0.717) is 21.1 Å². The maximum atomic E-state index is 13.3. The molecule has 0 saturated heterocycles. The molecule has 7 heteroatoms. The number of carbonyl (C=O) groups excluding carboxylic acids is 1. The average Bonchev–Trinajstić information content (AvgIpc) is 2.65. The molecule has 27 heavy (non-hydrogen) atoms. The van der Waals surface area contributed by atoms with Crippen LogP contribution in [0, 0.1) is 0 Å². The molecule has 1 N–H and O–H groups in total. The van der Waals surface area contributed by atoms with E-state index < -0.39 is 0 Å². The Hall–Kier alpha value is -2.31. The molecule has 0 saturated carbocycles. The predicted molar refractivity (Wildman–Crippen MR) is 111 cm³/mol. The normalized spacial score (nSPS) is 11.1. The molecule has 0 aliphatic heterocycles. The van der Waals surface area contributed by atoms with Crippen LogP contribution in [0.5, 0.6) is 0 Å². The lowest BCUT2D eigenvalue weighted by Crippen LogP contribution is -2.25. The summed E-state index contributed by atoms with van der Waals surface area (Å²) in [7, 11) is 1.58. The number of rotatable bonds is 5. The molecule has 0 bridgehead atoms. The fraction of sp³-hybridized carbons (Fsp3) is 0.250. The maximum Gasteiger partial charge on any atom is 0.266 e. The number of fused-ring (bicyclic) bond motifs is 1. The second-order valence-electron chi connectivity index (χ2n) is 6.37. The summed E-state index contributed by atoms with van der Waals surface area (Å²) >= 11 is 7.30. The van der Waals surface area contributed by atoms with E-state index in [4.69, 9.17) is 11.6 Å². The first-order chi connectivity index (χ1) is 12.9. The molecular formula is C20H20ClN3O2S. The summed E-state index contributed by atoms with van der Waals surface area (Å²) in [5.74, 6) is 0.258. The Balaban J connectivity index is 2.29. The second-order valence-corrected chi connectivity index (χ2v) is 7.75. The number of hydrogen-bond acceptors (Lipinski definition) is 4. The van der Waals surface area contributed by atoms with Crippen LogP contribution in [0.4, 0.5) is 0 Å². The van der Waals surface area contributed by atoms with E-state index in [0.717, 1.165) is 11.3 Å². The molecule has 0 fully saturated rings. The van der Waals surface area contributed by atoms with Gasteiger partial charge in [0.1, 0.15) is 0 Å². The number of halogens is 1. The van der Waals surface area contributed by atoms with Crippen LogP contribution < -0.4 is 10.9 Å². The molecule has 1 amide bonds. The summed E-state index contributed by atoms with van der Waals surface area (Å²) in [6.07, 6.45) is 0. The van der Waals surface area contributed by atoms with Crippen LogP contribution in [0.3, 0.4) is 0 Å². The fourth-order valence-electron chi connectivity index (χ4n) is 2.83. The lowest BCUT2D eigenvalue weighted by molar-refractivity contribution is -0.118. The van der Waals surface area contributed by atoms with Crippen molar-refractivity contribution in [3.05, 3.63) is 63.4 Å². The maximum absolute atomic E-state index is 13.3. The molecule has 140 valence electrons. The molecule has 0 radical (unpaired) electrons. The van der Waals surface area contributed by atoms with Crippen molar-refractivity contribution in [2.24, 2.45) is 0 Å². The Morgan fingerprint density at radius 2 is 2.00 bits per heavy atom. The van der Waals surface area contributed by atoms with E-state index in [1.165, 1.54) is 11.8 Å². The number of para-hydroxylation sites is 1. The van der Waals surface area contributed by atoms with Gasteiger partial charge >= 0.3 is 0 Å². The van der Waals surface area contributed by atoms with Crippen molar-refractivity contribution in [2.75, 3.05) is 12.8 Å². The van der Waals surface area contributed by atoms with Crippen molar-refractivity contribution in [2.45, 2.75) is 24.9 Å². The molecule has 1 aromatic heterocycles. The number of benzene rings is 2. The Morgan fingerprint density at radius 1 is 1.26 bits per heavy atom. The van der Waals surface area contributed by atoms with Crippen molar-refractivity contribution in [1.82, 2.24) is 14.9 Å². The highest BCUT2D eigenvalue weighted by molar-refractivity contribution is 7.99. The van der Waals surface area contributed by atoms with Crippen molar-refractivity contribution >= 4 is 40.2 Å². The minimum Gasteiger partial charge on any atom is -0.358 e. The zero-order valence-electron chi connectivity index (χ0n) is 15.3. The first-order valence-corrected chi connectivity index (χ1v) is 9.93. The fourth-order valence-corrected chi connectivity index (χ4v) is 3.87. The third kappa shape index (κ3) is 4.01. The summed E-state index contributed by atoms with van der Waals surface area (Å²) in [5.41, 5.74) is 2.16. The van der Waals surface area contributed by atoms with Crippen LogP contribution in [0.25, 0.3) is 16.6 Å².